The Morgan fingerprint density at radius 2 is 1.79 bits per heavy atom. The molecule has 0 saturated carbocycles. The van der Waals surface area contributed by atoms with Crippen LogP contribution in [0.1, 0.15) is 12.0 Å². The molecule has 1 unspecified atom stereocenters. The molecule has 1 aromatic carbocycles. The molecule has 0 aromatic heterocycles. The van der Waals surface area contributed by atoms with Gasteiger partial charge >= 0.3 is 13.6 Å². The van der Waals surface area contributed by atoms with Crippen LogP contribution < -0.4 is 15.7 Å². The fourth-order valence-electron chi connectivity index (χ4n) is 3.08. The summed E-state index contributed by atoms with van der Waals surface area (Å²) in [6, 6.07) is 6.76. The lowest BCUT2D eigenvalue weighted by Crippen LogP contribution is -2.36. The second kappa shape index (κ2) is 17.2. The Morgan fingerprint density at radius 1 is 1.15 bits per heavy atom. The maximum absolute atomic E-state index is 12.2. The molecule has 2 atom stereocenters. The van der Waals surface area contributed by atoms with Gasteiger partial charge in [-0.15, -0.1) is 46.4 Å². The van der Waals surface area contributed by atoms with Gasteiger partial charge in [0.2, 0.25) is 0 Å². The number of nitrogens with two attached hydrogens (primary N) is 1. The monoisotopic (exact) mass is 564 g/mol. The van der Waals surface area contributed by atoms with Crippen molar-refractivity contribution in [3.05, 3.63) is 29.8 Å². The molecule has 1 aliphatic heterocycles. The van der Waals surface area contributed by atoms with E-state index in [1.54, 1.807) is 4.67 Å². The van der Waals surface area contributed by atoms with Crippen molar-refractivity contribution in [2.45, 2.75) is 18.9 Å². The average molecular weight is 566 g/mol. The number of alkyl halides is 4. The first-order valence-corrected chi connectivity index (χ1v) is 14.3. The Bertz CT molecular complexity index is 725. The molecule has 1 fully saturated rings. The molecule has 1 aromatic rings. The number of rotatable bonds is 13. The minimum Gasteiger partial charge on any atom is -0.480 e. The quantitative estimate of drug-likeness (QED) is 0.245. The average Bonchev–Trinajstić information content (AvgIpc) is 2.80. The van der Waals surface area contributed by atoms with E-state index in [0.29, 0.717) is 49.6 Å². The summed E-state index contributed by atoms with van der Waals surface area (Å²) in [6.45, 7) is 3.81. The van der Waals surface area contributed by atoms with E-state index in [2.05, 4.69) is 9.99 Å². The number of nitrogens with zero attached hydrogens (tertiary/aromatic N) is 2. The maximum Gasteiger partial charge on any atom is 0.343 e. The Hall–Kier alpha value is -0.280. The zero-order chi connectivity index (χ0) is 24.7. The third-order valence-electron chi connectivity index (χ3n) is 4.73. The van der Waals surface area contributed by atoms with Crippen LogP contribution in [0.15, 0.2) is 24.3 Å². The van der Waals surface area contributed by atoms with E-state index in [1.165, 1.54) is 0 Å². The molecule has 33 heavy (non-hydrogen) atoms. The van der Waals surface area contributed by atoms with Crippen molar-refractivity contribution >= 4 is 65.7 Å². The second-order valence-corrected chi connectivity index (χ2v) is 10.8. The predicted octanol–water partition coefficient (Wildman–Crippen LogP) is 3.81. The van der Waals surface area contributed by atoms with E-state index >= 15 is 0 Å². The lowest BCUT2D eigenvalue weighted by atomic mass is 10.1. The normalized spacial score (nSPS) is 19.4. The third-order valence-corrected chi connectivity index (χ3v) is 7.73. The van der Waals surface area contributed by atoms with E-state index in [9.17, 15) is 9.36 Å². The SMILES string of the molecule is N[C@@H](Cc1ccc(N(CCCl)CCCl)cc1)C(=O)O.O=P1(NCCCl)OCCCN1CCCl. The van der Waals surface area contributed by atoms with Crippen LogP contribution in [0.4, 0.5) is 5.69 Å². The molecule has 1 heterocycles. The van der Waals surface area contributed by atoms with Crippen LogP contribution in [0.25, 0.3) is 0 Å². The largest absolute Gasteiger partial charge is 0.480 e. The Kier molecular flexibility index (Phi) is 16.0. The summed E-state index contributed by atoms with van der Waals surface area (Å²) in [6.07, 6.45) is 1.21. The first kappa shape index (κ1) is 30.8. The molecule has 0 amide bonds. The number of halogens is 4. The van der Waals surface area contributed by atoms with Crippen LogP contribution in [-0.4, -0.2) is 84.6 Å². The van der Waals surface area contributed by atoms with Crippen molar-refractivity contribution in [3.8, 4) is 0 Å². The van der Waals surface area contributed by atoms with Gasteiger partial charge in [0.25, 0.3) is 0 Å². The van der Waals surface area contributed by atoms with E-state index in [0.717, 1.165) is 37.3 Å². The van der Waals surface area contributed by atoms with Gasteiger partial charge < -0.3 is 20.3 Å². The van der Waals surface area contributed by atoms with Gasteiger partial charge in [0.1, 0.15) is 6.04 Å². The lowest BCUT2D eigenvalue weighted by molar-refractivity contribution is -0.138. The summed E-state index contributed by atoms with van der Waals surface area (Å²) in [5, 5.41) is 11.6. The minimum atomic E-state index is -2.84. The van der Waals surface area contributed by atoms with E-state index in [4.69, 9.17) is 61.8 Å². The number of nitrogens with one attached hydrogen (secondary N) is 1. The highest BCUT2D eigenvalue weighted by Crippen LogP contribution is 2.48. The molecule has 1 saturated heterocycles. The summed E-state index contributed by atoms with van der Waals surface area (Å²) >= 11 is 22.6. The summed E-state index contributed by atoms with van der Waals surface area (Å²) < 4.78 is 19.2. The highest BCUT2D eigenvalue weighted by molar-refractivity contribution is 7.54. The first-order chi connectivity index (χ1) is 15.8. The molecule has 4 N–H and O–H groups in total. The van der Waals surface area contributed by atoms with Gasteiger partial charge in [-0.1, -0.05) is 12.1 Å². The fourth-order valence-corrected chi connectivity index (χ4v) is 6.03. The third kappa shape index (κ3) is 11.3. The van der Waals surface area contributed by atoms with Crippen molar-refractivity contribution in [1.29, 1.82) is 0 Å². The molecular formula is C20H33Cl4N4O4P. The smallest absolute Gasteiger partial charge is 0.343 e. The van der Waals surface area contributed by atoms with Crippen LogP contribution in [0, 0.1) is 0 Å². The number of carbonyl (C=O) groups is 1. The first-order valence-electron chi connectivity index (χ1n) is 10.6. The summed E-state index contributed by atoms with van der Waals surface area (Å²) in [5.41, 5.74) is 7.42. The van der Waals surface area contributed by atoms with E-state index in [1.807, 2.05) is 24.3 Å². The maximum atomic E-state index is 12.2. The highest BCUT2D eigenvalue weighted by Gasteiger charge is 2.33. The zero-order valence-electron chi connectivity index (χ0n) is 18.5. The van der Waals surface area contributed by atoms with Gasteiger partial charge in [0.05, 0.1) is 6.61 Å². The molecule has 8 nitrogen and oxygen atoms in total. The zero-order valence-corrected chi connectivity index (χ0v) is 22.4. The number of anilines is 1. The van der Waals surface area contributed by atoms with Gasteiger partial charge in [-0.3, -0.25) is 9.36 Å². The van der Waals surface area contributed by atoms with Crippen molar-refractivity contribution in [2.24, 2.45) is 5.73 Å². The van der Waals surface area contributed by atoms with Gasteiger partial charge in [-0.25, -0.2) is 9.76 Å². The number of hydrogen-bond donors (Lipinski definition) is 3. The van der Waals surface area contributed by atoms with Gasteiger partial charge in [0.15, 0.2) is 0 Å². The summed E-state index contributed by atoms with van der Waals surface area (Å²) in [4.78, 5) is 12.8. The molecule has 0 aliphatic carbocycles. The predicted molar refractivity (Wildman–Crippen MR) is 139 cm³/mol. The lowest BCUT2D eigenvalue weighted by Gasteiger charge is -2.34. The second-order valence-electron chi connectivity index (χ2n) is 7.13. The Morgan fingerprint density at radius 3 is 2.30 bits per heavy atom. The van der Waals surface area contributed by atoms with Crippen LogP contribution in [0.2, 0.25) is 0 Å². The van der Waals surface area contributed by atoms with Crippen LogP contribution >= 0.6 is 54.1 Å². The Balaban J connectivity index is 0.000000346. The minimum absolute atomic E-state index is 0.320. The number of carboxylic acids is 1. The molecule has 0 bridgehead atoms. The molecule has 0 radical (unpaired) electrons. The van der Waals surface area contributed by atoms with Gasteiger partial charge in [0, 0.05) is 61.9 Å². The van der Waals surface area contributed by atoms with Crippen molar-refractivity contribution < 1.29 is 19.0 Å². The van der Waals surface area contributed by atoms with E-state index in [-0.39, 0.29) is 0 Å². The standard InChI is InChI=1S/C13H18Cl2N2O2.C7H15Cl2N2O2P/c14-5-7-17(8-6-15)11-3-1-10(2-4-11)9-12(16)13(18)19;8-2-4-10-14(12)11(6-3-9)5-1-7-13-14/h1-4,12H,5-9,16H2,(H,18,19);1-7H2,(H,10,12)/t12-;/m0./s1. The van der Waals surface area contributed by atoms with Crippen molar-refractivity contribution in [2.75, 3.05) is 67.8 Å². The van der Waals surface area contributed by atoms with Crippen LogP contribution in [0.3, 0.4) is 0 Å². The Labute approximate surface area is 216 Å². The molecule has 1 aliphatic rings. The number of carboxylic acid groups (broad SMARTS) is 1. The van der Waals surface area contributed by atoms with Gasteiger partial charge in [-0.05, 0) is 30.5 Å². The molecule has 13 heteroatoms. The molecule has 2 rings (SSSR count). The molecular weight excluding hydrogens is 533 g/mol. The van der Waals surface area contributed by atoms with Crippen molar-refractivity contribution in [3.63, 3.8) is 0 Å². The van der Waals surface area contributed by atoms with Gasteiger partial charge in [-0.2, -0.15) is 0 Å². The number of hydrogen-bond acceptors (Lipinski definition) is 5. The molecule has 190 valence electrons. The molecule has 0 spiro atoms. The van der Waals surface area contributed by atoms with Crippen LogP contribution in [0.5, 0.6) is 0 Å². The highest BCUT2D eigenvalue weighted by atomic mass is 35.5. The van der Waals surface area contributed by atoms with E-state index < -0.39 is 19.7 Å². The van der Waals surface area contributed by atoms with Crippen LogP contribution in [-0.2, 0) is 20.3 Å². The summed E-state index contributed by atoms with van der Waals surface area (Å²) in [7, 11) is -2.84. The summed E-state index contributed by atoms with van der Waals surface area (Å²) in [5.74, 6) is 0.943. The fraction of sp³-hybridized carbons (Fsp3) is 0.650. The number of aliphatic carboxylic acids is 1. The van der Waals surface area contributed by atoms with Crippen molar-refractivity contribution in [1.82, 2.24) is 9.76 Å². The topological polar surface area (TPSA) is 108 Å². The number of benzene rings is 1.